The monoisotopic (exact) mass is 496 g/mol. The number of H-pyrrole nitrogens is 1. The molecule has 0 saturated carbocycles. The summed E-state index contributed by atoms with van der Waals surface area (Å²) in [6.45, 7) is 4.05. The summed E-state index contributed by atoms with van der Waals surface area (Å²) < 4.78 is 0. The molecule has 0 bridgehead atoms. The molecule has 6 N–H and O–H groups in total. The SMILES string of the molecule is CCC(C)C(NC(=O)C(Cc1cnc[nH]1)NC(=O)C(N)CCSC)C(=O)N1CCCC1C(=O)O. The van der Waals surface area contributed by atoms with Gasteiger partial charge in [0.05, 0.1) is 12.4 Å². The number of thioether (sulfide) groups is 1. The predicted octanol–water partition coefficient (Wildman–Crippen LogP) is 0.124. The van der Waals surface area contributed by atoms with Gasteiger partial charge in [-0.25, -0.2) is 9.78 Å². The number of carboxylic acid groups (broad SMARTS) is 1. The van der Waals surface area contributed by atoms with Crippen LogP contribution < -0.4 is 16.4 Å². The summed E-state index contributed by atoms with van der Waals surface area (Å²) in [4.78, 5) is 59.1. The van der Waals surface area contributed by atoms with Gasteiger partial charge in [-0.3, -0.25) is 14.4 Å². The number of imidazole rings is 1. The van der Waals surface area contributed by atoms with Crippen LogP contribution in [0.3, 0.4) is 0 Å². The standard InChI is InChI=1S/C22H36N6O5S/c1-4-13(2)18(21(31)28-8-5-6-17(28)22(32)33)27-20(30)16(10-14-11-24-12-25-14)26-19(29)15(23)7-9-34-3/h11-13,15-18H,4-10,23H2,1-3H3,(H,24,25)(H,26,29)(H,27,30)(H,32,33). The maximum absolute atomic E-state index is 13.3. The molecule has 1 aromatic heterocycles. The van der Waals surface area contributed by atoms with E-state index in [1.807, 2.05) is 20.1 Å². The second-order valence-corrected chi connectivity index (χ2v) is 9.62. The molecule has 2 rings (SSSR count). The number of carbonyl (C=O) groups is 4. The summed E-state index contributed by atoms with van der Waals surface area (Å²) in [5.74, 6) is -1.99. The molecule has 190 valence electrons. The molecule has 1 aliphatic heterocycles. The van der Waals surface area contributed by atoms with E-state index in [0.29, 0.717) is 43.7 Å². The Hall–Kier alpha value is -2.60. The van der Waals surface area contributed by atoms with Crippen LogP contribution in [-0.4, -0.2) is 86.4 Å². The van der Waals surface area contributed by atoms with Crippen molar-refractivity contribution in [1.29, 1.82) is 0 Å². The molecule has 12 heteroatoms. The Morgan fingerprint density at radius 1 is 1.32 bits per heavy atom. The number of nitrogens with one attached hydrogen (secondary N) is 3. The maximum atomic E-state index is 13.3. The topological polar surface area (TPSA) is 171 Å². The third-order valence-corrected chi connectivity index (χ3v) is 6.82. The molecule has 1 aromatic rings. The zero-order valence-corrected chi connectivity index (χ0v) is 20.8. The van der Waals surface area contributed by atoms with Gasteiger partial charge in [-0.1, -0.05) is 20.3 Å². The van der Waals surface area contributed by atoms with Crippen LogP contribution in [0, 0.1) is 5.92 Å². The first-order chi connectivity index (χ1) is 16.2. The highest BCUT2D eigenvalue weighted by atomic mass is 32.2. The van der Waals surface area contributed by atoms with Crippen LogP contribution in [0.4, 0.5) is 0 Å². The van der Waals surface area contributed by atoms with Crippen LogP contribution >= 0.6 is 11.8 Å². The smallest absolute Gasteiger partial charge is 0.326 e. The van der Waals surface area contributed by atoms with Gasteiger partial charge in [0, 0.05) is 24.9 Å². The quantitative estimate of drug-likeness (QED) is 0.256. The van der Waals surface area contributed by atoms with Gasteiger partial charge in [-0.2, -0.15) is 11.8 Å². The summed E-state index contributed by atoms with van der Waals surface area (Å²) in [6.07, 6.45) is 7.12. The molecule has 5 atom stereocenters. The lowest BCUT2D eigenvalue weighted by atomic mass is 9.96. The fourth-order valence-electron chi connectivity index (χ4n) is 3.88. The van der Waals surface area contributed by atoms with E-state index in [0.717, 1.165) is 0 Å². The molecular weight excluding hydrogens is 460 g/mol. The highest BCUT2D eigenvalue weighted by Crippen LogP contribution is 2.21. The van der Waals surface area contributed by atoms with E-state index < -0.39 is 47.9 Å². The zero-order valence-electron chi connectivity index (χ0n) is 20.0. The number of carbonyl (C=O) groups excluding carboxylic acids is 3. The molecule has 0 aliphatic carbocycles. The number of carboxylic acids is 1. The van der Waals surface area contributed by atoms with Crippen LogP contribution in [0.1, 0.15) is 45.2 Å². The lowest BCUT2D eigenvalue weighted by Crippen LogP contribution is -2.59. The zero-order chi connectivity index (χ0) is 25.3. The lowest BCUT2D eigenvalue weighted by molar-refractivity contribution is -0.150. The molecular formula is C22H36N6O5S. The summed E-state index contributed by atoms with van der Waals surface area (Å²) in [6, 6.07) is -3.56. The number of nitrogens with two attached hydrogens (primary N) is 1. The number of aliphatic carboxylic acids is 1. The Morgan fingerprint density at radius 2 is 2.06 bits per heavy atom. The van der Waals surface area contributed by atoms with Crippen molar-refractivity contribution in [3.05, 3.63) is 18.2 Å². The van der Waals surface area contributed by atoms with Gasteiger partial charge in [-0.15, -0.1) is 0 Å². The Bertz CT molecular complexity index is 836. The molecule has 34 heavy (non-hydrogen) atoms. The first-order valence-electron chi connectivity index (χ1n) is 11.5. The molecule has 2 heterocycles. The van der Waals surface area contributed by atoms with Crippen molar-refractivity contribution in [3.63, 3.8) is 0 Å². The average Bonchev–Trinajstić information content (AvgIpc) is 3.51. The van der Waals surface area contributed by atoms with Crippen LogP contribution in [0.15, 0.2) is 12.5 Å². The van der Waals surface area contributed by atoms with Crippen molar-refractivity contribution >= 4 is 35.5 Å². The molecule has 0 aromatic carbocycles. The van der Waals surface area contributed by atoms with E-state index in [4.69, 9.17) is 5.73 Å². The second kappa shape index (κ2) is 13.3. The lowest BCUT2D eigenvalue weighted by Gasteiger charge is -2.31. The minimum Gasteiger partial charge on any atom is -0.480 e. The van der Waals surface area contributed by atoms with Crippen molar-refractivity contribution in [2.75, 3.05) is 18.6 Å². The second-order valence-electron chi connectivity index (χ2n) is 8.63. The number of hydrogen-bond acceptors (Lipinski definition) is 7. The van der Waals surface area contributed by atoms with Gasteiger partial charge in [0.25, 0.3) is 0 Å². The fraction of sp³-hybridized carbons (Fsp3) is 0.682. The molecule has 1 fully saturated rings. The van der Waals surface area contributed by atoms with Crippen molar-refractivity contribution in [2.45, 2.75) is 70.1 Å². The molecule has 1 saturated heterocycles. The molecule has 0 spiro atoms. The Kier molecular flexibility index (Phi) is 10.8. The summed E-state index contributed by atoms with van der Waals surface area (Å²) in [5.41, 5.74) is 6.61. The van der Waals surface area contributed by atoms with Gasteiger partial charge in [0.2, 0.25) is 17.7 Å². The van der Waals surface area contributed by atoms with E-state index >= 15 is 0 Å². The number of likely N-dealkylation sites (tertiary alicyclic amines) is 1. The first kappa shape index (κ1) is 27.6. The molecule has 1 aliphatic rings. The third-order valence-electron chi connectivity index (χ3n) is 6.18. The normalized spacial score (nSPS) is 19.2. The summed E-state index contributed by atoms with van der Waals surface area (Å²) >= 11 is 1.57. The highest BCUT2D eigenvalue weighted by molar-refractivity contribution is 7.98. The fourth-order valence-corrected chi connectivity index (χ4v) is 4.37. The number of aromatic amines is 1. The van der Waals surface area contributed by atoms with Crippen LogP contribution in [0.5, 0.6) is 0 Å². The van der Waals surface area contributed by atoms with Crippen LogP contribution in [0.2, 0.25) is 0 Å². The first-order valence-corrected chi connectivity index (χ1v) is 12.9. The molecule has 0 radical (unpaired) electrons. The highest BCUT2D eigenvalue weighted by Gasteiger charge is 2.40. The molecule has 3 amide bonds. The minimum absolute atomic E-state index is 0.135. The van der Waals surface area contributed by atoms with Gasteiger partial charge in [0.1, 0.15) is 18.1 Å². The van der Waals surface area contributed by atoms with E-state index in [-0.39, 0.29) is 12.3 Å². The van der Waals surface area contributed by atoms with Gasteiger partial charge in [0.15, 0.2) is 0 Å². The number of hydrogen-bond donors (Lipinski definition) is 5. The van der Waals surface area contributed by atoms with E-state index in [1.165, 1.54) is 11.2 Å². The Labute approximate surface area is 204 Å². The molecule has 5 unspecified atom stereocenters. The van der Waals surface area contributed by atoms with Crippen molar-refractivity contribution in [1.82, 2.24) is 25.5 Å². The Balaban J connectivity index is 2.20. The maximum Gasteiger partial charge on any atom is 0.326 e. The predicted molar refractivity (Wildman–Crippen MR) is 129 cm³/mol. The average molecular weight is 497 g/mol. The summed E-state index contributed by atoms with van der Waals surface area (Å²) in [7, 11) is 0. The number of aromatic nitrogens is 2. The van der Waals surface area contributed by atoms with E-state index in [2.05, 4.69) is 20.6 Å². The van der Waals surface area contributed by atoms with Crippen molar-refractivity contribution in [3.8, 4) is 0 Å². The summed E-state index contributed by atoms with van der Waals surface area (Å²) in [5, 5.41) is 15.0. The number of rotatable bonds is 13. The van der Waals surface area contributed by atoms with Crippen LogP contribution in [-0.2, 0) is 25.6 Å². The van der Waals surface area contributed by atoms with Crippen molar-refractivity contribution in [2.24, 2.45) is 11.7 Å². The van der Waals surface area contributed by atoms with E-state index in [1.54, 1.807) is 18.0 Å². The third kappa shape index (κ3) is 7.45. The number of amides is 3. The largest absolute Gasteiger partial charge is 0.480 e. The Morgan fingerprint density at radius 3 is 2.65 bits per heavy atom. The van der Waals surface area contributed by atoms with Gasteiger partial charge < -0.3 is 31.4 Å². The van der Waals surface area contributed by atoms with E-state index in [9.17, 15) is 24.3 Å². The van der Waals surface area contributed by atoms with Crippen LogP contribution in [0.25, 0.3) is 0 Å². The van der Waals surface area contributed by atoms with Crippen molar-refractivity contribution < 1.29 is 24.3 Å². The van der Waals surface area contributed by atoms with Gasteiger partial charge in [-0.05, 0) is 37.2 Å². The van der Waals surface area contributed by atoms with Gasteiger partial charge >= 0.3 is 5.97 Å². The molecule has 11 nitrogen and oxygen atoms in total. The minimum atomic E-state index is -1.05. The number of nitrogens with zero attached hydrogens (tertiary/aromatic N) is 2.